The highest BCUT2D eigenvalue weighted by molar-refractivity contribution is 5.91. The first-order valence-corrected chi connectivity index (χ1v) is 10.0. The first-order valence-electron chi connectivity index (χ1n) is 10.0. The van der Waals surface area contributed by atoms with Crippen molar-refractivity contribution in [3.63, 3.8) is 0 Å². The number of hydrogen-bond acceptors (Lipinski definition) is 5. The Bertz CT molecular complexity index is 317. The van der Waals surface area contributed by atoms with Gasteiger partial charge in [0.1, 0.15) is 6.42 Å². The van der Waals surface area contributed by atoms with Crippen LogP contribution in [0.15, 0.2) is 0 Å². The summed E-state index contributed by atoms with van der Waals surface area (Å²) >= 11 is 0. The van der Waals surface area contributed by atoms with Gasteiger partial charge in [0.25, 0.3) is 0 Å². The summed E-state index contributed by atoms with van der Waals surface area (Å²) < 4.78 is 9.38. The van der Waals surface area contributed by atoms with E-state index >= 15 is 0 Å². The van der Waals surface area contributed by atoms with Gasteiger partial charge in [0.05, 0.1) is 13.7 Å². The molecule has 1 N–H and O–H groups in total. The number of unbranched alkanes of at least 4 members (excludes halogenated alkanes) is 13. The number of ether oxygens (including phenoxy) is 2. The average molecular weight is 359 g/mol. The van der Waals surface area contributed by atoms with E-state index < -0.39 is 11.9 Å². The van der Waals surface area contributed by atoms with Gasteiger partial charge in [-0.25, -0.2) is 0 Å². The smallest absolute Gasteiger partial charge is 0.317 e. The van der Waals surface area contributed by atoms with Crippen LogP contribution in [0.1, 0.15) is 96.3 Å². The molecule has 0 aliphatic rings. The van der Waals surface area contributed by atoms with Gasteiger partial charge in [0, 0.05) is 6.61 Å². The van der Waals surface area contributed by atoms with Gasteiger partial charge in [-0.1, -0.05) is 77.0 Å². The van der Waals surface area contributed by atoms with Crippen molar-refractivity contribution >= 4 is 11.9 Å². The summed E-state index contributed by atoms with van der Waals surface area (Å²) in [6.07, 6.45) is 16.7. The summed E-state index contributed by atoms with van der Waals surface area (Å²) in [5.41, 5.74) is 0. The van der Waals surface area contributed by atoms with Gasteiger partial charge in [0.15, 0.2) is 0 Å². The van der Waals surface area contributed by atoms with Crippen molar-refractivity contribution in [3.8, 4) is 0 Å². The van der Waals surface area contributed by atoms with E-state index in [0.29, 0.717) is 13.2 Å². The molecular weight excluding hydrogens is 320 g/mol. The molecule has 0 amide bonds. The van der Waals surface area contributed by atoms with Crippen molar-refractivity contribution in [1.29, 1.82) is 0 Å². The van der Waals surface area contributed by atoms with Crippen LogP contribution in [0.2, 0.25) is 0 Å². The Morgan fingerprint density at radius 2 is 1.04 bits per heavy atom. The number of methoxy groups -OCH3 is 1. The molecule has 0 aliphatic heterocycles. The number of aliphatic hydroxyl groups excluding tert-OH is 1. The van der Waals surface area contributed by atoms with Crippen molar-refractivity contribution in [2.75, 3.05) is 20.3 Å². The Morgan fingerprint density at radius 1 is 0.640 bits per heavy atom. The van der Waals surface area contributed by atoms with Crippen LogP contribution in [0, 0.1) is 0 Å². The zero-order valence-electron chi connectivity index (χ0n) is 16.1. The van der Waals surface area contributed by atoms with E-state index in [4.69, 9.17) is 9.84 Å². The lowest BCUT2D eigenvalue weighted by Gasteiger charge is -2.05. The minimum absolute atomic E-state index is 0.292. The van der Waals surface area contributed by atoms with Crippen molar-refractivity contribution in [2.45, 2.75) is 96.3 Å². The third kappa shape index (κ3) is 19.1. The molecule has 148 valence electrons. The van der Waals surface area contributed by atoms with E-state index in [1.807, 2.05) is 0 Å². The SMILES string of the molecule is COC(=O)CC(=O)OCCCCCCCCCCCCCCCCO. The predicted octanol–water partition coefficient (Wildman–Crippen LogP) is 4.55. The van der Waals surface area contributed by atoms with Crippen LogP contribution >= 0.6 is 0 Å². The normalized spacial score (nSPS) is 10.6. The zero-order chi connectivity index (χ0) is 18.6. The molecule has 0 saturated heterocycles. The summed E-state index contributed by atoms with van der Waals surface area (Å²) in [6, 6.07) is 0. The highest BCUT2D eigenvalue weighted by Gasteiger charge is 2.09. The van der Waals surface area contributed by atoms with E-state index in [0.717, 1.165) is 19.3 Å². The quantitative estimate of drug-likeness (QED) is 0.221. The molecule has 0 rings (SSSR count). The predicted molar refractivity (Wildman–Crippen MR) is 99.3 cm³/mol. The van der Waals surface area contributed by atoms with E-state index in [-0.39, 0.29) is 6.42 Å². The number of hydrogen-bond donors (Lipinski definition) is 1. The molecule has 0 heterocycles. The molecular formula is C20H38O5. The van der Waals surface area contributed by atoms with Crippen LogP contribution in [-0.2, 0) is 19.1 Å². The summed E-state index contributed by atoms with van der Waals surface area (Å²) in [6.45, 7) is 0.731. The van der Waals surface area contributed by atoms with E-state index in [9.17, 15) is 9.59 Å². The van der Waals surface area contributed by atoms with Crippen LogP contribution in [0.25, 0.3) is 0 Å². The minimum atomic E-state index is -0.549. The molecule has 0 spiro atoms. The van der Waals surface area contributed by atoms with Crippen LogP contribution < -0.4 is 0 Å². The van der Waals surface area contributed by atoms with Crippen molar-refractivity contribution in [3.05, 3.63) is 0 Å². The standard InChI is InChI=1S/C20H38O5/c1-24-19(22)18-20(23)25-17-15-13-11-9-7-5-3-2-4-6-8-10-12-14-16-21/h21H,2-18H2,1H3. The maximum absolute atomic E-state index is 11.2. The van der Waals surface area contributed by atoms with Crippen LogP contribution in [0.5, 0.6) is 0 Å². The number of rotatable bonds is 18. The second kappa shape index (κ2) is 19.2. The fourth-order valence-electron chi connectivity index (χ4n) is 2.76. The summed E-state index contributed by atoms with van der Waals surface area (Å²) in [7, 11) is 1.26. The van der Waals surface area contributed by atoms with Crippen molar-refractivity contribution in [1.82, 2.24) is 0 Å². The molecule has 25 heavy (non-hydrogen) atoms. The number of aliphatic hydroxyl groups is 1. The lowest BCUT2D eigenvalue weighted by molar-refractivity contribution is -0.153. The van der Waals surface area contributed by atoms with E-state index in [1.54, 1.807) is 0 Å². The van der Waals surface area contributed by atoms with Crippen LogP contribution in [0.4, 0.5) is 0 Å². The second-order valence-corrected chi connectivity index (χ2v) is 6.65. The molecule has 0 atom stereocenters. The molecule has 0 fully saturated rings. The zero-order valence-corrected chi connectivity index (χ0v) is 16.1. The third-order valence-electron chi connectivity index (χ3n) is 4.33. The molecule has 0 unspecified atom stereocenters. The topological polar surface area (TPSA) is 72.8 Å². The number of carbonyl (C=O) groups is 2. The van der Waals surface area contributed by atoms with Gasteiger partial charge in [-0.2, -0.15) is 0 Å². The highest BCUT2D eigenvalue weighted by atomic mass is 16.5. The third-order valence-corrected chi connectivity index (χ3v) is 4.33. The number of esters is 2. The average Bonchev–Trinajstić information content (AvgIpc) is 2.61. The molecule has 0 aromatic heterocycles. The van der Waals surface area contributed by atoms with E-state index in [2.05, 4.69) is 4.74 Å². The molecule has 0 aromatic carbocycles. The summed E-state index contributed by atoms with van der Waals surface area (Å²) in [5, 5.41) is 8.69. The van der Waals surface area contributed by atoms with Gasteiger partial charge in [-0.05, 0) is 12.8 Å². The van der Waals surface area contributed by atoms with Gasteiger partial charge in [-0.3, -0.25) is 9.59 Å². The lowest BCUT2D eigenvalue weighted by Crippen LogP contribution is -2.12. The van der Waals surface area contributed by atoms with E-state index in [1.165, 1.54) is 77.7 Å². The molecule has 5 heteroatoms. The van der Waals surface area contributed by atoms with Gasteiger partial charge < -0.3 is 14.6 Å². The maximum Gasteiger partial charge on any atom is 0.317 e. The summed E-state index contributed by atoms with van der Waals surface area (Å²) in [4.78, 5) is 22.1. The minimum Gasteiger partial charge on any atom is -0.469 e. The fraction of sp³-hybridized carbons (Fsp3) is 0.900. The van der Waals surface area contributed by atoms with Crippen molar-refractivity contribution < 1.29 is 24.2 Å². The Hall–Kier alpha value is -1.10. The Labute approximate surface area is 153 Å². The maximum atomic E-state index is 11.2. The van der Waals surface area contributed by atoms with Gasteiger partial charge >= 0.3 is 11.9 Å². The lowest BCUT2D eigenvalue weighted by atomic mass is 10.0. The molecule has 0 aromatic rings. The Morgan fingerprint density at radius 3 is 1.44 bits per heavy atom. The Balaban J connectivity index is 3.12. The first-order chi connectivity index (χ1) is 12.2. The molecule has 5 nitrogen and oxygen atoms in total. The molecule has 0 saturated carbocycles. The van der Waals surface area contributed by atoms with Gasteiger partial charge in [0.2, 0.25) is 0 Å². The fourth-order valence-corrected chi connectivity index (χ4v) is 2.76. The second-order valence-electron chi connectivity index (χ2n) is 6.65. The van der Waals surface area contributed by atoms with Gasteiger partial charge in [-0.15, -0.1) is 0 Å². The first kappa shape index (κ1) is 23.9. The van der Waals surface area contributed by atoms with Crippen LogP contribution in [0.3, 0.4) is 0 Å². The summed E-state index contributed by atoms with van der Waals surface area (Å²) in [5.74, 6) is -1.05. The molecule has 0 radical (unpaired) electrons. The van der Waals surface area contributed by atoms with Crippen LogP contribution in [-0.4, -0.2) is 37.4 Å². The molecule has 0 aliphatic carbocycles. The highest BCUT2D eigenvalue weighted by Crippen LogP contribution is 2.13. The monoisotopic (exact) mass is 358 g/mol. The largest absolute Gasteiger partial charge is 0.469 e. The Kier molecular flexibility index (Phi) is 18.4. The molecule has 0 bridgehead atoms. The number of carbonyl (C=O) groups excluding carboxylic acids is 2. The van der Waals surface area contributed by atoms with Crippen molar-refractivity contribution in [2.24, 2.45) is 0 Å².